The van der Waals surface area contributed by atoms with Gasteiger partial charge in [-0.25, -0.2) is 0 Å². The summed E-state index contributed by atoms with van der Waals surface area (Å²) in [5.41, 5.74) is 3.07. The minimum absolute atomic E-state index is 0. The molecule has 1 heterocycles. The maximum Gasteiger partial charge on any atom is 0.0233 e. The number of hydrogen-bond donors (Lipinski definition) is 1. The number of nitrogens with zero attached hydrogens (tertiary/aromatic N) is 1. The maximum atomic E-state index is 3.39. The van der Waals surface area contributed by atoms with E-state index in [-0.39, 0.29) is 12.4 Å². The van der Waals surface area contributed by atoms with Gasteiger partial charge in [0.25, 0.3) is 0 Å². The molecule has 19 heavy (non-hydrogen) atoms. The Bertz CT molecular complexity index is 395. The van der Waals surface area contributed by atoms with E-state index in [4.69, 9.17) is 0 Å². The van der Waals surface area contributed by atoms with Crippen LogP contribution in [0.25, 0.3) is 0 Å². The van der Waals surface area contributed by atoms with Crippen molar-refractivity contribution in [2.75, 3.05) is 20.1 Å². The van der Waals surface area contributed by atoms with Gasteiger partial charge in [0.2, 0.25) is 0 Å². The van der Waals surface area contributed by atoms with Crippen LogP contribution >= 0.6 is 12.4 Å². The summed E-state index contributed by atoms with van der Waals surface area (Å²) in [5, 5.41) is 3.39. The Hall–Kier alpha value is -0.570. The predicted molar refractivity (Wildman–Crippen MR) is 83.0 cm³/mol. The smallest absolute Gasteiger partial charge is 0.0233 e. The normalized spacial score (nSPS) is 21.1. The minimum Gasteiger partial charge on any atom is -0.317 e. The molecule has 1 aliphatic heterocycles. The lowest BCUT2D eigenvalue weighted by Crippen LogP contribution is -2.40. The molecular formula is C16H25ClN2. The van der Waals surface area contributed by atoms with Gasteiger partial charge in [0.15, 0.2) is 0 Å². The van der Waals surface area contributed by atoms with Gasteiger partial charge in [0.1, 0.15) is 0 Å². The van der Waals surface area contributed by atoms with Crippen molar-refractivity contribution < 1.29 is 0 Å². The molecule has 106 valence electrons. The second-order valence-electron chi connectivity index (χ2n) is 5.86. The van der Waals surface area contributed by atoms with Crippen molar-refractivity contribution in [1.82, 2.24) is 10.2 Å². The Morgan fingerprint density at radius 2 is 1.89 bits per heavy atom. The summed E-state index contributed by atoms with van der Waals surface area (Å²) in [6, 6.07) is 9.99. The molecule has 1 saturated carbocycles. The highest BCUT2D eigenvalue weighted by Crippen LogP contribution is 2.40. The third kappa shape index (κ3) is 3.95. The van der Waals surface area contributed by atoms with Gasteiger partial charge in [0, 0.05) is 12.6 Å². The molecule has 0 spiro atoms. The third-order valence-electron chi connectivity index (χ3n) is 4.40. The van der Waals surface area contributed by atoms with E-state index >= 15 is 0 Å². The molecule has 2 aliphatic rings. The first-order valence-electron chi connectivity index (χ1n) is 7.33. The van der Waals surface area contributed by atoms with Gasteiger partial charge < -0.3 is 5.32 Å². The van der Waals surface area contributed by atoms with Crippen LogP contribution in [0.1, 0.15) is 42.7 Å². The van der Waals surface area contributed by atoms with Crippen LogP contribution in [0.15, 0.2) is 24.3 Å². The molecule has 3 rings (SSSR count). The van der Waals surface area contributed by atoms with Crippen LogP contribution in [-0.2, 0) is 6.54 Å². The lowest BCUT2D eigenvalue weighted by molar-refractivity contribution is 0.194. The fraction of sp³-hybridized carbons (Fsp3) is 0.625. The van der Waals surface area contributed by atoms with Gasteiger partial charge in [-0.1, -0.05) is 24.3 Å². The predicted octanol–water partition coefficient (Wildman–Crippen LogP) is 3.17. The summed E-state index contributed by atoms with van der Waals surface area (Å²) >= 11 is 0. The van der Waals surface area contributed by atoms with Crippen molar-refractivity contribution in [1.29, 1.82) is 0 Å². The van der Waals surface area contributed by atoms with E-state index in [1.807, 2.05) is 0 Å². The van der Waals surface area contributed by atoms with E-state index in [1.165, 1.54) is 44.3 Å². The molecule has 0 aromatic heterocycles. The number of piperidine rings is 1. The zero-order valence-corrected chi connectivity index (χ0v) is 12.6. The molecule has 1 N–H and O–H groups in total. The van der Waals surface area contributed by atoms with Crippen LogP contribution in [0, 0.1) is 0 Å². The maximum absolute atomic E-state index is 3.39. The summed E-state index contributed by atoms with van der Waals surface area (Å²) in [6.07, 6.45) is 5.38. The molecule has 0 atom stereocenters. The number of halogens is 1. The molecule has 2 nitrogen and oxygen atoms in total. The van der Waals surface area contributed by atoms with Crippen molar-refractivity contribution in [2.45, 2.75) is 44.2 Å². The molecule has 2 fully saturated rings. The Kier molecular flexibility index (Phi) is 5.26. The number of rotatable bonds is 4. The van der Waals surface area contributed by atoms with Crippen LogP contribution in [0.3, 0.4) is 0 Å². The van der Waals surface area contributed by atoms with Gasteiger partial charge in [-0.3, -0.25) is 4.90 Å². The number of hydrogen-bond acceptors (Lipinski definition) is 2. The molecule has 0 amide bonds. The van der Waals surface area contributed by atoms with E-state index < -0.39 is 0 Å². The monoisotopic (exact) mass is 280 g/mol. The summed E-state index contributed by atoms with van der Waals surface area (Å²) in [6.45, 7) is 3.61. The molecule has 0 radical (unpaired) electrons. The van der Waals surface area contributed by atoms with Crippen molar-refractivity contribution in [3.05, 3.63) is 35.4 Å². The van der Waals surface area contributed by atoms with Gasteiger partial charge >= 0.3 is 0 Å². The van der Waals surface area contributed by atoms with Crippen LogP contribution in [0.4, 0.5) is 0 Å². The standard InChI is InChI=1S/C16H24N2.ClH/c1-17-16-7-9-18(10-8-16)12-13-3-2-4-15(11-13)14-5-6-14;/h2-4,11,14,16-17H,5-10,12H2,1H3;1H. The lowest BCUT2D eigenvalue weighted by atomic mass is 10.0. The number of nitrogens with one attached hydrogen (secondary N) is 1. The quantitative estimate of drug-likeness (QED) is 0.911. The lowest BCUT2D eigenvalue weighted by Gasteiger charge is -2.31. The van der Waals surface area contributed by atoms with Crippen molar-refractivity contribution >= 4 is 12.4 Å². The van der Waals surface area contributed by atoms with Crippen LogP contribution < -0.4 is 5.32 Å². The summed E-state index contributed by atoms with van der Waals surface area (Å²) in [7, 11) is 2.08. The fourth-order valence-electron chi connectivity index (χ4n) is 3.00. The molecule has 1 aromatic carbocycles. The molecule has 1 aromatic rings. The largest absolute Gasteiger partial charge is 0.317 e. The topological polar surface area (TPSA) is 15.3 Å². The first-order chi connectivity index (χ1) is 8.85. The summed E-state index contributed by atoms with van der Waals surface area (Å²) in [5.74, 6) is 0.875. The molecular weight excluding hydrogens is 256 g/mol. The second-order valence-corrected chi connectivity index (χ2v) is 5.86. The van der Waals surface area contributed by atoms with Crippen molar-refractivity contribution in [3.63, 3.8) is 0 Å². The van der Waals surface area contributed by atoms with Crippen LogP contribution in [0.5, 0.6) is 0 Å². The zero-order valence-electron chi connectivity index (χ0n) is 11.8. The SMILES string of the molecule is CNC1CCN(Cc2cccc(C3CC3)c2)CC1.Cl. The van der Waals surface area contributed by atoms with Gasteiger partial charge in [-0.05, 0) is 62.9 Å². The molecule has 1 aliphatic carbocycles. The van der Waals surface area contributed by atoms with Gasteiger partial charge in [-0.15, -0.1) is 12.4 Å². The van der Waals surface area contributed by atoms with E-state index in [0.717, 1.165) is 18.5 Å². The highest BCUT2D eigenvalue weighted by molar-refractivity contribution is 5.85. The van der Waals surface area contributed by atoms with Gasteiger partial charge in [0.05, 0.1) is 0 Å². The average Bonchev–Trinajstić information content (AvgIpc) is 3.24. The first-order valence-corrected chi connectivity index (χ1v) is 7.33. The Morgan fingerprint density at radius 3 is 2.53 bits per heavy atom. The van der Waals surface area contributed by atoms with Crippen molar-refractivity contribution in [3.8, 4) is 0 Å². The molecule has 0 unspecified atom stereocenters. The van der Waals surface area contributed by atoms with Crippen LogP contribution in [0.2, 0.25) is 0 Å². The molecule has 1 saturated heterocycles. The van der Waals surface area contributed by atoms with E-state index in [9.17, 15) is 0 Å². The van der Waals surface area contributed by atoms with E-state index in [0.29, 0.717) is 0 Å². The highest BCUT2D eigenvalue weighted by atomic mass is 35.5. The van der Waals surface area contributed by atoms with E-state index in [1.54, 1.807) is 5.56 Å². The highest BCUT2D eigenvalue weighted by Gasteiger charge is 2.23. The minimum atomic E-state index is 0. The molecule has 3 heteroatoms. The summed E-state index contributed by atoms with van der Waals surface area (Å²) in [4.78, 5) is 2.60. The Labute approximate surface area is 123 Å². The second kappa shape index (κ2) is 6.74. The van der Waals surface area contributed by atoms with Gasteiger partial charge in [-0.2, -0.15) is 0 Å². The first kappa shape index (κ1) is 14.8. The third-order valence-corrected chi connectivity index (χ3v) is 4.40. The van der Waals surface area contributed by atoms with Crippen LogP contribution in [-0.4, -0.2) is 31.1 Å². The number of likely N-dealkylation sites (tertiary alicyclic amines) is 1. The zero-order chi connectivity index (χ0) is 12.4. The Balaban J connectivity index is 0.00000133. The van der Waals surface area contributed by atoms with Crippen molar-refractivity contribution in [2.24, 2.45) is 0 Å². The number of benzene rings is 1. The summed E-state index contributed by atoms with van der Waals surface area (Å²) < 4.78 is 0. The molecule has 0 bridgehead atoms. The van der Waals surface area contributed by atoms with E-state index in [2.05, 4.69) is 41.5 Å². The Morgan fingerprint density at radius 1 is 1.16 bits per heavy atom. The average molecular weight is 281 g/mol. The fourth-order valence-corrected chi connectivity index (χ4v) is 3.00.